The van der Waals surface area contributed by atoms with Crippen LogP contribution >= 0.6 is 22.6 Å². The number of hydrogen-bond donors (Lipinski definition) is 0. The van der Waals surface area contributed by atoms with Crippen molar-refractivity contribution in [2.75, 3.05) is 7.11 Å². The van der Waals surface area contributed by atoms with Gasteiger partial charge in [0.25, 0.3) is 0 Å². The third-order valence-electron chi connectivity index (χ3n) is 1.78. The number of benzene rings is 1. The maximum atomic E-state index is 11.2. The smallest absolute Gasteiger partial charge is 0.161 e. The summed E-state index contributed by atoms with van der Waals surface area (Å²) in [5.41, 5.74) is 0.997. The number of carbonyl (C=O) groups excluding carboxylic acids is 1. The number of carbonyl (C=O) groups is 1. The molecule has 1 rings (SSSR count). The predicted molar refractivity (Wildman–Crippen MR) is 60.4 cm³/mol. The highest BCUT2D eigenvalue weighted by Crippen LogP contribution is 2.24. The second-order valence-corrected chi connectivity index (χ2v) is 3.78. The molecule has 0 aromatic heterocycles. The molecular weight excluding hydrogens is 293 g/mol. The summed E-state index contributed by atoms with van der Waals surface area (Å²) in [6.45, 7) is 1.47. The van der Waals surface area contributed by atoms with E-state index in [1.165, 1.54) is 14.0 Å². The van der Waals surface area contributed by atoms with Gasteiger partial charge in [-0.15, -0.1) is 0 Å². The monoisotopic (exact) mass is 301 g/mol. The van der Waals surface area contributed by atoms with Gasteiger partial charge < -0.3 is 4.74 Å². The molecule has 0 amide bonds. The van der Waals surface area contributed by atoms with Crippen molar-refractivity contribution < 1.29 is 9.53 Å². The van der Waals surface area contributed by atoms with E-state index in [1.54, 1.807) is 12.1 Å². The summed E-state index contributed by atoms with van der Waals surface area (Å²) in [5.74, 6) is 0.469. The van der Waals surface area contributed by atoms with Gasteiger partial charge in [-0.3, -0.25) is 4.79 Å². The molecule has 1 aromatic rings. The van der Waals surface area contributed by atoms with Gasteiger partial charge in [-0.05, 0) is 41.6 Å². The van der Waals surface area contributed by atoms with Gasteiger partial charge in [0.2, 0.25) is 0 Å². The van der Waals surface area contributed by atoms with Crippen LogP contribution in [0.5, 0.6) is 5.75 Å². The maximum absolute atomic E-state index is 11.2. The highest BCUT2D eigenvalue weighted by Gasteiger charge is 2.11. The van der Waals surface area contributed by atoms with E-state index in [0.29, 0.717) is 20.4 Å². The standard InChI is InChI=1S/C10H8INO2/c1-6(13)9-4-8(14-2)3-7(5-12)10(9)11/h3-4H,1-2H3. The van der Waals surface area contributed by atoms with Crippen molar-refractivity contribution >= 4 is 28.4 Å². The molecule has 0 unspecified atom stereocenters. The SMILES string of the molecule is COc1cc(C#N)c(I)c(C(C)=O)c1. The van der Waals surface area contributed by atoms with E-state index in [4.69, 9.17) is 10.00 Å². The van der Waals surface area contributed by atoms with Crippen LogP contribution in [0.1, 0.15) is 22.8 Å². The van der Waals surface area contributed by atoms with Gasteiger partial charge in [0.05, 0.1) is 12.7 Å². The van der Waals surface area contributed by atoms with Gasteiger partial charge >= 0.3 is 0 Å². The summed E-state index contributed by atoms with van der Waals surface area (Å²) in [6.07, 6.45) is 0. The van der Waals surface area contributed by atoms with E-state index < -0.39 is 0 Å². The number of nitrogens with zero attached hydrogens (tertiary/aromatic N) is 1. The largest absolute Gasteiger partial charge is 0.497 e. The third kappa shape index (κ3) is 2.04. The van der Waals surface area contributed by atoms with Gasteiger partial charge in [0.15, 0.2) is 5.78 Å². The molecule has 0 radical (unpaired) electrons. The third-order valence-corrected chi connectivity index (χ3v) is 2.94. The summed E-state index contributed by atoms with van der Waals surface area (Å²) in [4.78, 5) is 11.2. The average Bonchev–Trinajstić information content (AvgIpc) is 2.17. The highest BCUT2D eigenvalue weighted by molar-refractivity contribution is 14.1. The summed E-state index contributed by atoms with van der Waals surface area (Å²) >= 11 is 1.99. The number of ether oxygens (including phenoxy) is 1. The van der Waals surface area contributed by atoms with Gasteiger partial charge in [0.1, 0.15) is 11.8 Å². The number of nitriles is 1. The molecule has 0 atom stereocenters. The van der Waals surface area contributed by atoms with Gasteiger partial charge in [-0.1, -0.05) is 0 Å². The number of hydrogen-bond acceptors (Lipinski definition) is 3. The molecule has 0 bridgehead atoms. The summed E-state index contributed by atoms with van der Waals surface area (Å²) in [5, 5.41) is 8.82. The van der Waals surface area contributed by atoms with Crippen molar-refractivity contribution in [1.82, 2.24) is 0 Å². The lowest BCUT2D eigenvalue weighted by molar-refractivity contribution is 0.101. The molecule has 14 heavy (non-hydrogen) atoms. The van der Waals surface area contributed by atoms with Crippen LogP contribution in [0, 0.1) is 14.9 Å². The molecule has 4 heteroatoms. The minimum absolute atomic E-state index is 0.0650. The van der Waals surface area contributed by atoms with E-state index in [1.807, 2.05) is 28.7 Å². The van der Waals surface area contributed by atoms with Crippen LogP contribution in [0.3, 0.4) is 0 Å². The molecule has 72 valence electrons. The Kier molecular flexibility index (Phi) is 3.47. The van der Waals surface area contributed by atoms with E-state index in [-0.39, 0.29) is 5.78 Å². The van der Waals surface area contributed by atoms with Crippen molar-refractivity contribution in [2.45, 2.75) is 6.92 Å². The average molecular weight is 301 g/mol. The van der Waals surface area contributed by atoms with E-state index in [2.05, 4.69) is 0 Å². The fourth-order valence-corrected chi connectivity index (χ4v) is 1.87. The van der Waals surface area contributed by atoms with Crippen molar-refractivity contribution in [3.8, 4) is 11.8 Å². The molecule has 0 aliphatic carbocycles. The van der Waals surface area contributed by atoms with Gasteiger partial charge in [-0.25, -0.2) is 0 Å². The van der Waals surface area contributed by atoms with E-state index in [9.17, 15) is 4.79 Å². The normalized spacial score (nSPS) is 9.29. The number of rotatable bonds is 2. The molecule has 0 spiro atoms. The molecule has 1 aromatic carbocycles. The van der Waals surface area contributed by atoms with Crippen LogP contribution in [0.4, 0.5) is 0 Å². The fourth-order valence-electron chi connectivity index (χ4n) is 1.05. The molecule has 0 fully saturated rings. The van der Waals surface area contributed by atoms with Crippen molar-refractivity contribution in [3.63, 3.8) is 0 Å². The lowest BCUT2D eigenvalue weighted by Crippen LogP contribution is -2.00. The van der Waals surface area contributed by atoms with Crippen LogP contribution in [-0.4, -0.2) is 12.9 Å². The molecule has 0 aliphatic heterocycles. The van der Waals surface area contributed by atoms with Crippen LogP contribution in [-0.2, 0) is 0 Å². The first-order chi connectivity index (χ1) is 6.60. The van der Waals surface area contributed by atoms with E-state index >= 15 is 0 Å². The molecule has 3 nitrogen and oxygen atoms in total. The Morgan fingerprint density at radius 2 is 2.21 bits per heavy atom. The Morgan fingerprint density at radius 1 is 1.57 bits per heavy atom. The van der Waals surface area contributed by atoms with Gasteiger partial charge in [-0.2, -0.15) is 5.26 Å². The molecule has 0 saturated carbocycles. The minimum Gasteiger partial charge on any atom is -0.497 e. The summed E-state index contributed by atoms with van der Waals surface area (Å²) < 4.78 is 5.67. The lowest BCUT2D eigenvalue weighted by Gasteiger charge is -2.06. The Balaban J connectivity index is 3.44. The fraction of sp³-hybridized carbons (Fsp3) is 0.200. The van der Waals surface area contributed by atoms with Crippen molar-refractivity contribution in [3.05, 3.63) is 26.8 Å². The topological polar surface area (TPSA) is 50.1 Å². The minimum atomic E-state index is -0.0650. The summed E-state index contributed by atoms with van der Waals surface area (Å²) in [6, 6.07) is 5.29. The Bertz CT molecular complexity index is 421. The predicted octanol–water partition coefficient (Wildman–Crippen LogP) is 2.37. The molecule has 0 aliphatic rings. The van der Waals surface area contributed by atoms with Crippen LogP contribution in [0.2, 0.25) is 0 Å². The molecular formula is C10H8INO2. The first-order valence-corrected chi connectivity index (χ1v) is 4.96. The molecule has 0 heterocycles. The first-order valence-electron chi connectivity index (χ1n) is 3.88. The second-order valence-electron chi connectivity index (χ2n) is 2.70. The zero-order valence-corrected chi connectivity index (χ0v) is 9.95. The lowest BCUT2D eigenvalue weighted by atomic mass is 10.1. The molecule has 0 saturated heterocycles. The van der Waals surface area contributed by atoms with Crippen LogP contribution in [0.25, 0.3) is 0 Å². The van der Waals surface area contributed by atoms with Crippen molar-refractivity contribution in [2.24, 2.45) is 0 Å². The maximum Gasteiger partial charge on any atom is 0.161 e. The number of ketones is 1. The van der Waals surface area contributed by atoms with E-state index in [0.717, 1.165) is 0 Å². The molecule has 0 N–H and O–H groups in total. The number of Topliss-reactive ketones (excluding diaryl/α,β-unsaturated/α-hetero) is 1. The van der Waals surface area contributed by atoms with Crippen LogP contribution in [0.15, 0.2) is 12.1 Å². The second kappa shape index (κ2) is 4.42. The quantitative estimate of drug-likeness (QED) is 0.622. The Morgan fingerprint density at radius 3 is 2.64 bits per heavy atom. The van der Waals surface area contributed by atoms with Crippen LogP contribution < -0.4 is 4.74 Å². The zero-order chi connectivity index (χ0) is 10.7. The summed E-state index contributed by atoms with van der Waals surface area (Å²) in [7, 11) is 1.51. The number of methoxy groups -OCH3 is 1. The first kappa shape index (κ1) is 11.0. The van der Waals surface area contributed by atoms with Crippen molar-refractivity contribution in [1.29, 1.82) is 5.26 Å². The Hall–Kier alpha value is -1.09. The zero-order valence-electron chi connectivity index (χ0n) is 7.80. The Labute approximate surface area is 95.8 Å². The number of halogens is 1. The van der Waals surface area contributed by atoms with Gasteiger partial charge in [0, 0.05) is 9.13 Å². The highest BCUT2D eigenvalue weighted by atomic mass is 127.